The van der Waals surface area contributed by atoms with Gasteiger partial charge < -0.3 is 9.73 Å². The minimum absolute atomic E-state index is 0.0110. The molecule has 1 heterocycles. The first kappa shape index (κ1) is 17.2. The van der Waals surface area contributed by atoms with Gasteiger partial charge in [-0.25, -0.2) is 12.7 Å². The van der Waals surface area contributed by atoms with Gasteiger partial charge in [-0.15, -0.1) is 0 Å². The molecule has 1 rings (SSSR count). The van der Waals surface area contributed by atoms with Crippen molar-refractivity contribution in [3.63, 3.8) is 0 Å². The summed E-state index contributed by atoms with van der Waals surface area (Å²) >= 11 is 0. The molecule has 0 bridgehead atoms. The van der Waals surface area contributed by atoms with Crippen LogP contribution in [0.1, 0.15) is 33.5 Å². The lowest BCUT2D eigenvalue weighted by atomic mass is 9.82. The Balaban J connectivity index is 2.58. The standard InChI is InChI=1S/C14H26N2O3S/c1-11(14(2,3)4)9-15-10-12-7-8-13(19-12)20(17,18)16(5)6/h7-8,11,15H,9-10H2,1-6H3. The topological polar surface area (TPSA) is 62.6 Å². The van der Waals surface area contributed by atoms with E-state index < -0.39 is 10.0 Å². The predicted octanol–water partition coefficient (Wildman–Crippen LogP) is 2.30. The highest BCUT2D eigenvalue weighted by Crippen LogP contribution is 2.24. The lowest BCUT2D eigenvalue weighted by Gasteiger charge is -2.27. The molecule has 0 aliphatic heterocycles. The van der Waals surface area contributed by atoms with Gasteiger partial charge in [0.05, 0.1) is 6.54 Å². The first-order valence-electron chi connectivity index (χ1n) is 6.77. The van der Waals surface area contributed by atoms with Crippen molar-refractivity contribution >= 4 is 10.0 Å². The second-order valence-corrected chi connectivity index (χ2v) is 8.49. The summed E-state index contributed by atoms with van der Waals surface area (Å²) in [5.74, 6) is 1.15. The maximum Gasteiger partial charge on any atom is 0.275 e. The molecule has 5 nitrogen and oxygen atoms in total. The van der Waals surface area contributed by atoms with Crippen molar-refractivity contribution in [1.29, 1.82) is 0 Å². The van der Waals surface area contributed by atoms with Crippen molar-refractivity contribution in [2.24, 2.45) is 11.3 Å². The fraction of sp³-hybridized carbons (Fsp3) is 0.714. The number of nitrogens with zero attached hydrogens (tertiary/aromatic N) is 1. The molecule has 0 aliphatic rings. The van der Waals surface area contributed by atoms with Gasteiger partial charge >= 0.3 is 0 Å². The van der Waals surface area contributed by atoms with E-state index in [-0.39, 0.29) is 10.5 Å². The maximum absolute atomic E-state index is 11.9. The average Bonchev–Trinajstić information content (AvgIpc) is 2.76. The third-order valence-electron chi connectivity index (χ3n) is 3.60. The van der Waals surface area contributed by atoms with Crippen LogP contribution >= 0.6 is 0 Å². The third kappa shape index (κ3) is 4.33. The summed E-state index contributed by atoms with van der Waals surface area (Å²) in [6.45, 7) is 10.2. The molecule has 1 aromatic rings. The summed E-state index contributed by atoms with van der Waals surface area (Å²) < 4.78 is 30.3. The summed E-state index contributed by atoms with van der Waals surface area (Å²) in [4.78, 5) is 0. The Hall–Kier alpha value is -0.850. The van der Waals surface area contributed by atoms with E-state index in [2.05, 4.69) is 33.0 Å². The maximum atomic E-state index is 11.9. The molecule has 1 unspecified atom stereocenters. The van der Waals surface area contributed by atoms with E-state index in [1.807, 2.05) is 0 Å². The molecule has 0 amide bonds. The molecule has 0 fully saturated rings. The Kier molecular flexibility index (Phi) is 5.40. The van der Waals surface area contributed by atoms with Crippen LogP contribution in [-0.4, -0.2) is 33.4 Å². The van der Waals surface area contributed by atoms with Crippen LogP contribution in [0, 0.1) is 11.3 Å². The first-order chi connectivity index (χ1) is 9.05. The molecule has 0 aromatic carbocycles. The highest BCUT2D eigenvalue weighted by Gasteiger charge is 2.22. The van der Waals surface area contributed by atoms with Gasteiger partial charge in [-0.2, -0.15) is 0 Å². The van der Waals surface area contributed by atoms with E-state index in [4.69, 9.17) is 4.42 Å². The van der Waals surface area contributed by atoms with Gasteiger partial charge in [0.2, 0.25) is 5.09 Å². The molecule has 20 heavy (non-hydrogen) atoms. The van der Waals surface area contributed by atoms with Crippen LogP contribution < -0.4 is 5.32 Å². The van der Waals surface area contributed by atoms with Crippen LogP contribution in [0.4, 0.5) is 0 Å². The largest absolute Gasteiger partial charge is 0.447 e. The number of furan rings is 1. The molecule has 0 spiro atoms. The van der Waals surface area contributed by atoms with Gasteiger partial charge in [-0.3, -0.25) is 0 Å². The monoisotopic (exact) mass is 302 g/mol. The Morgan fingerprint density at radius 2 is 1.90 bits per heavy atom. The quantitative estimate of drug-likeness (QED) is 0.876. The minimum atomic E-state index is -3.48. The van der Waals surface area contributed by atoms with Crippen molar-refractivity contribution in [2.75, 3.05) is 20.6 Å². The Bertz CT molecular complexity index is 527. The molecular formula is C14H26N2O3S. The lowest BCUT2D eigenvalue weighted by molar-refractivity contribution is 0.249. The van der Waals surface area contributed by atoms with E-state index in [9.17, 15) is 8.42 Å². The van der Waals surface area contributed by atoms with Crippen molar-refractivity contribution in [3.8, 4) is 0 Å². The Labute approximate surface area is 122 Å². The van der Waals surface area contributed by atoms with Crippen LogP contribution in [0.2, 0.25) is 0 Å². The van der Waals surface area contributed by atoms with E-state index in [0.29, 0.717) is 18.2 Å². The fourth-order valence-corrected chi connectivity index (χ4v) is 2.30. The molecule has 1 atom stereocenters. The third-order valence-corrected chi connectivity index (χ3v) is 5.29. The molecule has 1 N–H and O–H groups in total. The van der Waals surface area contributed by atoms with E-state index in [0.717, 1.165) is 10.8 Å². The zero-order chi connectivity index (χ0) is 15.6. The van der Waals surface area contributed by atoms with Gasteiger partial charge in [0.15, 0.2) is 0 Å². The zero-order valence-corrected chi connectivity index (χ0v) is 14.0. The number of hydrogen-bond donors (Lipinski definition) is 1. The molecular weight excluding hydrogens is 276 g/mol. The predicted molar refractivity (Wildman–Crippen MR) is 79.9 cm³/mol. The lowest BCUT2D eigenvalue weighted by Crippen LogP contribution is -2.29. The van der Waals surface area contributed by atoms with Crippen LogP contribution in [0.15, 0.2) is 21.6 Å². The second-order valence-electron chi connectivity index (χ2n) is 6.41. The van der Waals surface area contributed by atoms with Crippen LogP contribution in [0.5, 0.6) is 0 Å². The molecule has 116 valence electrons. The number of nitrogens with one attached hydrogen (secondary N) is 1. The summed E-state index contributed by atoms with van der Waals surface area (Å²) in [5, 5.41) is 3.29. The van der Waals surface area contributed by atoms with E-state index >= 15 is 0 Å². The highest BCUT2D eigenvalue weighted by molar-refractivity contribution is 7.88. The van der Waals surface area contributed by atoms with Crippen molar-refractivity contribution in [1.82, 2.24) is 9.62 Å². The fourth-order valence-electron chi connectivity index (χ4n) is 1.49. The Morgan fingerprint density at radius 3 is 2.40 bits per heavy atom. The van der Waals surface area contributed by atoms with Crippen LogP contribution in [0.25, 0.3) is 0 Å². The van der Waals surface area contributed by atoms with Gasteiger partial charge in [0, 0.05) is 14.1 Å². The molecule has 0 saturated heterocycles. The highest BCUT2D eigenvalue weighted by atomic mass is 32.2. The molecule has 1 aromatic heterocycles. The molecule has 0 saturated carbocycles. The van der Waals surface area contributed by atoms with Gasteiger partial charge in [0.1, 0.15) is 5.76 Å². The van der Waals surface area contributed by atoms with E-state index in [1.165, 1.54) is 20.2 Å². The molecule has 6 heteroatoms. The van der Waals surface area contributed by atoms with Crippen molar-refractivity contribution in [3.05, 3.63) is 17.9 Å². The zero-order valence-electron chi connectivity index (χ0n) is 13.2. The minimum Gasteiger partial charge on any atom is -0.447 e. The van der Waals surface area contributed by atoms with Gasteiger partial charge in [-0.1, -0.05) is 27.7 Å². The Morgan fingerprint density at radius 1 is 1.30 bits per heavy atom. The average molecular weight is 302 g/mol. The first-order valence-corrected chi connectivity index (χ1v) is 8.21. The van der Waals surface area contributed by atoms with Gasteiger partial charge in [-0.05, 0) is 30.0 Å². The number of rotatable bonds is 6. The van der Waals surface area contributed by atoms with Crippen LogP contribution in [0.3, 0.4) is 0 Å². The summed E-state index contributed by atoms with van der Waals surface area (Å²) in [5.41, 5.74) is 0.246. The SMILES string of the molecule is CC(CNCc1ccc(S(=O)(=O)N(C)C)o1)C(C)(C)C. The molecule has 0 aliphatic carbocycles. The normalized spacial score (nSPS) is 14.8. The smallest absolute Gasteiger partial charge is 0.275 e. The molecule has 0 radical (unpaired) electrons. The summed E-state index contributed by atoms with van der Waals surface area (Å²) in [6, 6.07) is 3.20. The second kappa shape index (κ2) is 6.28. The number of sulfonamides is 1. The van der Waals surface area contributed by atoms with E-state index in [1.54, 1.807) is 6.07 Å². The number of hydrogen-bond acceptors (Lipinski definition) is 4. The van der Waals surface area contributed by atoms with Crippen molar-refractivity contribution in [2.45, 2.75) is 39.3 Å². The summed E-state index contributed by atoms with van der Waals surface area (Å²) in [7, 11) is -0.508. The van der Waals surface area contributed by atoms with Crippen LogP contribution in [-0.2, 0) is 16.6 Å². The summed E-state index contributed by atoms with van der Waals surface area (Å²) in [6.07, 6.45) is 0. The van der Waals surface area contributed by atoms with Crippen molar-refractivity contribution < 1.29 is 12.8 Å². The van der Waals surface area contributed by atoms with Gasteiger partial charge in [0.25, 0.3) is 10.0 Å².